The van der Waals surface area contributed by atoms with Crippen molar-refractivity contribution in [3.05, 3.63) is 65.7 Å². The molecule has 2 rings (SSSR count). The number of carbonyl (C=O) groups excluding carboxylic acids is 2. The van der Waals surface area contributed by atoms with Crippen molar-refractivity contribution >= 4 is 17.5 Å². The van der Waals surface area contributed by atoms with Gasteiger partial charge in [-0.3, -0.25) is 9.59 Å². The van der Waals surface area contributed by atoms with Gasteiger partial charge in [-0.25, -0.2) is 0 Å². The number of nitrogens with one attached hydrogen (secondary N) is 2. The molecule has 2 amide bonds. The van der Waals surface area contributed by atoms with Crippen LogP contribution in [0.15, 0.2) is 49.1 Å². The fourth-order valence-corrected chi connectivity index (χ4v) is 2.61. The average molecular weight is 382 g/mol. The summed E-state index contributed by atoms with van der Waals surface area (Å²) in [5, 5.41) is 5.53. The van der Waals surface area contributed by atoms with Crippen LogP contribution in [0.4, 0.5) is 5.69 Å². The molecule has 0 unspecified atom stereocenters. The molecule has 0 heterocycles. The number of carbonyl (C=O) groups is 2. The van der Waals surface area contributed by atoms with E-state index in [1.807, 2.05) is 26.0 Å². The SMILES string of the molecule is C=CCc1ccc(OCC(=O)Nc2cc(C(=O)NCC)ccc2C)c(OC)c1. The van der Waals surface area contributed by atoms with Crippen LogP contribution in [0, 0.1) is 6.92 Å². The van der Waals surface area contributed by atoms with E-state index in [2.05, 4.69) is 17.2 Å². The van der Waals surface area contributed by atoms with E-state index in [9.17, 15) is 9.59 Å². The van der Waals surface area contributed by atoms with Gasteiger partial charge in [0.25, 0.3) is 11.8 Å². The van der Waals surface area contributed by atoms with Crippen molar-refractivity contribution in [3.8, 4) is 11.5 Å². The van der Waals surface area contributed by atoms with E-state index in [4.69, 9.17) is 9.47 Å². The van der Waals surface area contributed by atoms with Gasteiger partial charge < -0.3 is 20.1 Å². The summed E-state index contributed by atoms with van der Waals surface area (Å²) in [6.45, 7) is 7.79. The Morgan fingerprint density at radius 2 is 1.93 bits per heavy atom. The molecule has 0 saturated heterocycles. The number of aryl methyl sites for hydroxylation is 1. The van der Waals surface area contributed by atoms with Crippen LogP contribution in [0.2, 0.25) is 0 Å². The summed E-state index contributed by atoms with van der Waals surface area (Å²) < 4.78 is 10.9. The predicted octanol–water partition coefficient (Wildman–Crippen LogP) is 3.50. The summed E-state index contributed by atoms with van der Waals surface area (Å²) in [7, 11) is 1.55. The number of amides is 2. The highest BCUT2D eigenvalue weighted by Crippen LogP contribution is 2.28. The Morgan fingerprint density at radius 3 is 2.61 bits per heavy atom. The van der Waals surface area contributed by atoms with Crippen LogP contribution < -0.4 is 20.1 Å². The number of ether oxygens (including phenoxy) is 2. The molecule has 0 fully saturated rings. The van der Waals surface area contributed by atoms with Gasteiger partial charge in [-0.05, 0) is 55.7 Å². The number of benzene rings is 2. The molecule has 148 valence electrons. The number of methoxy groups -OCH3 is 1. The predicted molar refractivity (Wildman–Crippen MR) is 110 cm³/mol. The first-order valence-electron chi connectivity index (χ1n) is 9.07. The minimum Gasteiger partial charge on any atom is -0.493 e. The summed E-state index contributed by atoms with van der Waals surface area (Å²) in [5.41, 5.74) is 2.96. The van der Waals surface area contributed by atoms with Crippen LogP contribution in [0.3, 0.4) is 0 Å². The molecule has 2 N–H and O–H groups in total. The quantitative estimate of drug-likeness (QED) is 0.651. The first kappa shape index (κ1) is 21.0. The van der Waals surface area contributed by atoms with Crippen molar-refractivity contribution in [2.24, 2.45) is 0 Å². The Kier molecular flexibility index (Phi) is 7.63. The van der Waals surface area contributed by atoms with Crippen LogP contribution in [0.5, 0.6) is 11.5 Å². The van der Waals surface area contributed by atoms with Crippen LogP contribution in [0.25, 0.3) is 0 Å². The van der Waals surface area contributed by atoms with Gasteiger partial charge in [0.05, 0.1) is 7.11 Å². The second-order valence-electron chi connectivity index (χ2n) is 6.20. The molecule has 0 atom stereocenters. The van der Waals surface area contributed by atoms with Gasteiger partial charge >= 0.3 is 0 Å². The van der Waals surface area contributed by atoms with Gasteiger partial charge in [0.1, 0.15) is 0 Å². The van der Waals surface area contributed by atoms with Gasteiger partial charge in [-0.15, -0.1) is 6.58 Å². The van der Waals surface area contributed by atoms with Crippen LogP contribution in [0.1, 0.15) is 28.4 Å². The Morgan fingerprint density at radius 1 is 1.14 bits per heavy atom. The maximum atomic E-state index is 12.3. The van der Waals surface area contributed by atoms with Crippen LogP contribution >= 0.6 is 0 Å². The molecule has 0 saturated carbocycles. The largest absolute Gasteiger partial charge is 0.493 e. The lowest BCUT2D eigenvalue weighted by Gasteiger charge is -2.13. The zero-order valence-corrected chi connectivity index (χ0v) is 16.5. The van der Waals surface area contributed by atoms with Crippen molar-refractivity contribution in [1.29, 1.82) is 0 Å². The average Bonchev–Trinajstić information content (AvgIpc) is 2.69. The van der Waals surface area contributed by atoms with E-state index in [1.165, 1.54) is 0 Å². The van der Waals surface area contributed by atoms with E-state index in [0.29, 0.717) is 29.3 Å². The molecule has 2 aromatic carbocycles. The Bertz CT molecular complexity index is 862. The number of hydrogen-bond acceptors (Lipinski definition) is 4. The summed E-state index contributed by atoms with van der Waals surface area (Å²) in [5.74, 6) is 0.534. The molecular weight excluding hydrogens is 356 g/mol. The van der Waals surface area contributed by atoms with Gasteiger partial charge in [0.2, 0.25) is 0 Å². The summed E-state index contributed by atoms with van der Waals surface area (Å²) in [4.78, 5) is 24.3. The number of allylic oxidation sites excluding steroid dienone is 1. The fourth-order valence-electron chi connectivity index (χ4n) is 2.61. The minimum atomic E-state index is -0.326. The third kappa shape index (κ3) is 5.61. The molecule has 2 aromatic rings. The maximum absolute atomic E-state index is 12.3. The van der Waals surface area contributed by atoms with E-state index in [-0.39, 0.29) is 18.4 Å². The first-order chi connectivity index (χ1) is 13.5. The molecule has 0 aliphatic rings. The highest BCUT2D eigenvalue weighted by molar-refractivity contribution is 5.98. The molecule has 0 aromatic heterocycles. The zero-order chi connectivity index (χ0) is 20.5. The summed E-state index contributed by atoms with van der Waals surface area (Å²) in [6.07, 6.45) is 2.53. The van der Waals surface area contributed by atoms with E-state index in [0.717, 1.165) is 17.5 Å². The number of rotatable bonds is 9. The lowest BCUT2D eigenvalue weighted by Crippen LogP contribution is -2.24. The van der Waals surface area contributed by atoms with E-state index < -0.39 is 0 Å². The fraction of sp³-hybridized carbons (Fsp3) is 0.273. The smallest absolute Gasteiger partial charge is 0.262 e. The number of anilines is 1. The molecular formula is C22H26N2O4. The Balaban J connectivity index is 2.04. The molecule has 6 nitrogen and oxygen atoms in total. The third-order valence-corrected chi connectivity index (χ3v) is 4.08. The van der Waals surface area contributed by atoms with Gasteiger partial charge in [0, 0.05) is 17.8 Å². The molecule has 0 radical (unpaired) electrons. The molecule has 0 bridgehead atoms. The van der Waals surface area contributed by atoms with E-state index in [1.54, 1.807) is 37.5 Å². The van der Waals surface area contributed by atoms with Crippen LogP contribution in [-0.4, -0.2) is 32.1 Å². The first-order valence-corrected chi connectivity index (χ1v) is 9.07. The van der Waals surface area contributed by atoms with Crippen molar-refractivity contribution in [1.82, 2.24) is 5.32 Å². The summed E-state index contributed by atoms with van der Waals surface area (Å²) in [6, 6.07) is 10.7. The second-order valence-corrected chi connectivity index (χ2v) is 6.20. The van der Waals surface area contributed by atoms with E-state index >= 15 is 0 Å². The van der Waals surface area contributed by atoms with Crippen LogP contribution in [-0.2, 0) is 11.2 Å². The van der Waals surface area contributed by atoms with Crippen molar-refractivity contribution in [3.63, 3.8) is 0 Å². The van der Waals surface area contributed by atoms with Gasteiger partial charge in [0.15, 0.2) is 18.1 Å². The lowest BCUT2D eigenvalue weighted by atomic mass is 10.1. The Hall–Kier alpha value is -3.28. The molecule has 0 aliphatic heterocycles. The topological polar surface area (TPSA) is 76.7 Å². The van der Waals surface area contributed by atoms with Crippen molar-refractivity contribution in [2.45, 2.75) is 20.3 Å². The second kappa shape index (κ2) is 10.2. The monoisotopic (exact) mass is 382 g/mol. The zero-order valence-electron chi connectivity index (χ0n) is 16.5. The summed E-state index contributed by atoms with van der Waals surface area (Å²) >= 11 is 0. The normalized spacial score (nSPS) is 10.1. The molecule has 6 heteroatoms. The lowest BCUT2D eigenvalue weighted by molar-refractivity contribution is -0.118. The van der Waals surface area contributed by atoms with Gasteiger partial charge in [-0.2, -0.15) is 0 Å². The maximum Gasteiger partial charge on any atom is 0.262 e. The standard InChI is InChI=1S/C22H26N2O4/c1-5-7-16-9-11-19(20(12-16)27-4)28-14-21(25)24-18-13-17(10-8-15(18)3)22(26)23-6-2/h5,8-13H,1,6-7,14H2,2-4H3,(H,23,26)(H,24,25). The Labute approximate surface area is 165 Å². The molecule has 28 heavy (non-hydrogen) atoms. The van der Waals surface area contributed by atoms with Crippen molar-refractivity contribution in [2.75, 3.05) is 25.6 Å². The molecule has 0 aliphatic carbocycles. The molecule has 0 spiro atoms. The number of hydrogen-bond donors (Lipinski definition) is 2. The van der Waals surface area contributed by atoms with Gasteiger partial charge in [-0.1, -0.05) is 18.2 Å². The minimum absolute atomic E-state index is 0.179. The van der Waals surface area contributed by atoms with Crippen molar-refractivity contribution < 1.29 is 19.1 Å². The highest BCUT2D eigenvalue weighted by Gasteiger charge is 2.12. The highest BCUT2D eigenvalue weighted by atomic mass is 16.5. The third-order valence-electron chi connectivity index (χ3n) is 4.08.